The summed E-state index contributed by atoms with van der Waals surface area (Å²) in [6.45, 7) is 0. The van der Waals surface area contributed by atoms with Crippen molar-refractivity contribution in [2.45, 2.75) is 38.1 Å². The number of anilines is 1. The lowest BCUT2D eigenvalue weighted by molar-refractivity contribution is 0.462. The maximum atomic E-state index is 9.60. The Kier molecular flexibility index (Phi) is 3.05. The topological polar surface area (TPSA) is 45.2 Å². The molecular formula is C15H18N2O. The third kappa shape index (κ3) is 2.26. The number of aromatic hydroxyl groups is 1. The van der Waals surface area contributed by atoms with Crippen LogP contribution in [0.1, 0.15) is 32.1 Å². The van der Waals surface area contributed by atoms with Gasteiger partial charge in [0.15, 0.2) is 0 Å². The van der Waals surface area contributed by atoms with Gasteiger partial charge in [0.05, 0.1) is 0 Å². The summed E-state index contributed by atoms with van der Waals surface area (Å²) in [7, 11) is 0. The van der Waals surface area contributed by atoms with Gasteiger partial charge in [-0.15, -0.1) is 0 Å². The zero-order valence-corrected chi connectivity index (χ0v) is 10.4. The molecule has 0 aliphatic heterocycles. The first-order valence-corrected chi connectivity index (χ1v) is 6.67. The third-order valence-corrected chi connectivity index (χ3v) is 3.70. The van der Waals surface area contributed by atoms with Crippen LogP contribution in [-0.4, -0.2) is 16.1 Å². The van der Waals surface area contributed by atoms with E-state index in [0.29, 0.717) is 11.8 Å². The molecule has 0 saturated heterocycles. The molecular weight excluding hydrogens is 224 g/mol. The Morgan fingerprint density at radius 2 is 1.94 bits per heavy atom. The Hall–Kier alpha value is -1.77. The highest BCUT2D eigenvalue weighted by Gasteiger charge is 2.14. The number of hydrogen-bond acceptors (Lipinski definition) is 3. The van der Waals surface area contributed by atoms with Crippen LogP contribution in [0.2, 0.25) is 0 Å². The molecule has 3 nitrogen and oxygen atoms in total. The molecule has 1 aromatic heterocycles. The Labute approximate surface area is 107 Å². The van der Waals surface area contributed by atoms with E-state index in [1.54, 1.807) is 12.1 Å². The fraction of sp³-hybridized carbons (Fsp3) is 0.400. The van der Waals surface area contributed by atoms with Crippen LogP contribution in [0.15, 0.2) is 30.5 Å². The van der Waals surface area contributed by atoms with Gasteiger partial charge in [0, 0.05) is 17.6 Å². The van der Waals surface area contributed by atoms with E-state index < -0.39 is 0 Å². The van der Waals surface area contributed by atoms with E-state index >= 15 is 0 Å². The molecule has 1 fully saturated rings. The molecule has 1 aromatic carbocycles. The van der Waals surface area contributed by atoms with E-state index in [4.69, 9.17) is 0 Å². The van der Waals surface area contributed by atoms with Gasteiger partial charge >= 0.3 is 0 Å². The van der Waals surface area contributed by atoms with Crippen molar-refractivity contribution in [2.75, 3.05) is 5.32 Å². The molecule has 0 spiro atoms. The number of benzene rings is 1. The van der Waals surface area contributed by atoms with E-state index in [0.717, 1.165) is 16.6 Å². The fourth-order valence-corrected chi connectivity index (χ4v) is 2.71. The number of aromatic nitrogens is 1. The van der Waals surface area contributed by atoms with Crippen LogP contribution in [-0.2, 0) is 0 Å². The highest BCUT2D eigenvalue weighted by Crippen LogP contribution is 2.27. The summed E-state index contributed by atoms with van der Waals surface area (Å²) in [5.41, 5.74) is 0. The van der Waals surface area contributed by atoms with Crippen LogP contribution in [0.4, 0.5) is 5.82 Å². The summed E-state index contributed by atoms with van der Waals surface area (Å²) in [5, 5.41) is 15.2. The smallest absolute Gasteiger partial charge is 0.134 e. The zero-order valence-electron chi connectivity index (χ0n) is 10.4. The molecule has 3 rings (SSSR count). The van der Waals surface area contributed by atoms with Crippen molar-refractivity contribution in [2.24, 2.45) is 0 Å². The molecule has 2 N–H and O–H groups in total. The molecule has 0 bridgehead atoms. The molecule has 1 aliphatic carbocycles. The Balaban J connectivity index is 1.92. The van der Waals surface area contributed by atoms with Crippen molar-refractivity contribution < 1.29 is 5.11 Å². The van der Waals surface area contributed by atoms with Crippen LogP contribution in [0.5, 0.6) is 5.75 Å². The summed E-state index contributed by atoms with van der Waals surface area (Å²) < 4.78 is 0. The van der Waals surface area contributed by atoms with Gasteiger partial charge in [-0.3, -0.25) is 0 Å². The number of pyridine rings is 1. The predicted octanol–water partition coefficient (Wildman–Crippen LogP) is 3.69. The van der Waals surface area contributed by atoms with Crippen molar-refractivity contribution >= 4 is 16.6 Å². The van der Waals surface area contributed by atoms with Crippen LogP contribution in [0, 0.1) is 0 Å². The Bertz CT molecular complexity index is 547. The Morgan fingerprint density at radius 3 is 2.78 bits per heavy atom. The average Bonchev–Trinajstić information content (AvgIpc) is 2.41. The standard InChI is InChI=1S/C15H18N2O/c18-13-7-6-11-8-9-16-15(14(11)10-13)17-12-4-2-1-3-5-12/h6-10,12,18H,1-5H2,(H,16,17). The minimum Gasteiger partial charge on any atom is -0.508 e. The number of hydrogen-bond donors (Lipinski definition) is 2. The second-order valence-corrected chi connectivity index (χ2v) is 5.04. The first-order valence-electron chi connectivity index (χ1n) is 6.67. The zero-order chi connectivity index (χ0) is 12.4. The van der Waals surface area contributed by atoms with Gasteiger partial charge in [-0.05, 0) is 36.4 Å². The largest absolute Gasteiger partial charge is 0.508 e. The lowest BCUT2D eigenvalue weighted by Crippen LogP contribution is -2.22. The van der Waals surface area contributed by atoms with Crippen LogP contribution < -0.4 is 5.32 Å². The number of fused-ring (bicyclic) bond motifs is 1. The minimum atomic E-state index is 0.294. The second-order valence-electron chi connectivity index (χ2n) is 5.04. The quantitative estimate of drug-likeness (QED) is 0.844. The van der Waals surface area contributed by atoms with Crippen molar-refractivity contribution in [3.8, 4) is 5.75 Å². The molecule has 1 heterocycles. The van der Waals surface area contributed by atoms with Gasteiger partial charge in [0.25, 0.3) is 0 Å². The molecule has 0 radical (unpaired) electrons. The van der Waals surface area contributed by atoms with Crippen LogP contribution >= 0.6 is 0 Å². The number of rotatable bonds is 2. The molecule has 1 saturated carbocycles. The maximum Gasteiger partial charge on any atom is 0.134 e. The Morgan fingerprint density at radius 1 is 1.11 bits per heavy atom. The molecule has 18 heavy (non-hydrogen) atoms. The van der Waals surface area contributed by atoms with E-state index in [-0.39, 0.29) is 0 Å². The lowest BCUT2D eigenvalue weighted by Gasteiger charge is -2.23. The predicted molar refractivity (Wildman–Crippen MR) is 73.9 cm³/mol. The average molecular weight is 242 g/mol. The number of phenols is 1. The van der Waals surface area contributed by atoms with E-state index in [9.17, 15) is 5.11 Å². The second kappa shape index (κ2) is 4.84. The first-order chi connectivity index (χ1) is 8.83. The number of nitrogens with zero attached hydrogens (tertiary/aromatic N) is 1. The van der Waals surface area contributed by atoms with E-state index in [2.05, 4.69) is 10.3 Å². The van der Waals surface area contributed by atoms with Gasteiger partial charge < -0.3 is 10.4 Å². The first kappa shape index (κ1) is 11.3. The summed E-state index contributed by atoms with van der Waals surface area (Å²) in [6.07, 6.45) is 8.21. The van der Waals surface area contributed by atoms with Gasteiger partial charge in [-0.2, -0.15) is 0 Å². The molecule has 0 amide bonds. The molecule has 0 atom stereocenters. The summed E-state index contributed by atoms with van der Waals surface area (Å²) in [5.74, 6) is 1.19. The van der Waals surface area contributed by atoms with Crippen LogP contribution in [0.3, 0.4) is 0 Å². The molecule has 2 aromatic rings. The molecule has 1 aliphatic rings. The van der Waals surface area contributed by atoms with Gasteiger partial charge in [-0.25, -0.2) is 4.98 Å². The van der Waals surface area contributed by atoms with Crippen molar-refractivity contribution in [3.05, 3.63) is 30.5 Å². The van der Waals surface area contributed by atoms with Gasteiger partial charge in [0.1, 0.15) is 11.6 Å². The summed E-state index contributed by atoms with van der Waals surface area (Å²) in [6, 6.07) is 7.93. The van der Waals surface area contributed by atoms with E-state index in [1.807, 2.05) is 18.3 Å². The monoisotopic (exact) mass is 242 g/mol. The SMILES string of the molecule is Oc1ccc2ccnc(NC3CCCCC3)c2c1. The van der Waals surface area contributed by atoms with Crippen molar-refractivity contribution in [1.29, 1.82) is 0 Å². The van der Waals surface area contributed by atoms with Crippen LogP contribution in [0.25, 0.3) is 10.8 Å². The molecule has 94 valence electrons. The van der Waals surface area contributed by atoms with Gasteiger partial charge in [0.2, 0.25) is 0 Å². The maximum absolute atomic E-state index is 9.60. The highest BCUT2D eigenvalue weighted by atomic mass is 16.3. The van der Waals surface area contributed by atoms with Crippen molar-refractivity contribution in [1.82, 2.24) is 4.98 Å². The summed E-state index contributed by atoms with van der Waals surface area (Å²) in [4.78, 5) is 4.42. The summed E-state index contributed by atoms with van der Waals surface area (Å²) >= 11 is 0. The highest BCUT2D eigenvalue weighted by molar-refractivity contribution is 5.92. The normalized spacial score (nSPS) is 16.9. The number of phenolic OH excluding ortho intramolecular Hbond substituents is 1. The molecule has 0 unspecified atom stereocenters. The van der Waals surface area contributed by atoms with E-state index in [1.165, 1.54) is 32.1 Å². The van der Waals surface area contributed by atoms with Crippen molar-refractivity contribution in [3.63, 3.8) is 0 Å². The third-order valence-electron chi connectivity index (χ3n) is 3.70. The lowest BCUT2D eigenvalue weighted by atomic mass is 9.95. The fourth-order valence-electron chi connectivity index (χ4n) is 2.71. The molecule has 3 heteroatoms. The number of nitrogens with one attached hydrogen (secondary N) is 1. The van der Waals surface area contributed by atoms with Gasteiger partial charge in [-0.1, -0.05) is 25.3 Å². The minimum absolute atomic E-state index is 0.294.